The lowest BCUT2D eigenvalue weighted by Gasteiger charge is -2.62. The number of aromatic hydroxyl groups is 2. The maximum absolute atomic E-state index is 15.2. The summed E-state index contributed by atoms with van der Waals surface area (Å²) in [4.78, 5) is 45.0. The average molecular weight is 603 g/mol. The second-order valence-corrected chi connectivity index (χ2v) is 15.4. The maximum atomic E-state index is 15.2. The van der Waals surface area contributed by atoms with Crippen LogP contribution in [0.15, 0.2) is 59.7 Å². The average Bonchev–Trinajstić information content (AvgIpc) is 2.91. The van der Waals surface area contributed by atoms with E-state index in [9.17, 15) is 24.9 Å². The molecule has 1 aromatic rings. The van der Waals surface area contributed by atoms with Gasteiger partial charge in [-0.1, -0.05) is 77.5 Å². The van der Waals surface area contributed by atoms with Gasteiger partial charge in [0, 0.05) is 5.56 Å². The maximum Gasteiger partial charge on any atom is 0.184 e. The van der Waals surface area contributed by atoms with Crippen LogP contribution in [0.3, 0.4) is 0 Å². The zero-order chi connectivity index (χ0) is 33.2. The van der Waals surface area contributed by atoms with Crippen LogP contribution in [0.4, 0.5) is 0 Å². The van der Waals surface area contributed by atoms with Crippen molar-refractivity contribution in [1.82, 2.24) is 0 Å². The van der Waals surface area contributed by atoms with Crippen LogP contribution in [0.25, 0.3) is 5.76 Å². The molecule has 4 rings (SSSR count). The number of benzene rings is 1. The summed E-state index contributed by atoms with van der Waals surface area (Å²) in [5.74, 6) is -2.83. The largest absolute Gasteiger partial charge is 0.506 e. The van der Waals surface area contributed by atoms with Gasteiger partial charge < -0.3 is 15.3 Å². The van der Waals surface area contributed by atoms with Crippen molar-refractivity contribution in [3.8, 4) is 11.5 Å². The number of carbonyl (C=O) groups excluding carboxylic acids is 3. The van der Waals surface area contributed by atoms with Gasteiger partial charge in [-0.05, 0) is 99.2 Å². The Morgan fingerprint density at radius 3 is 2.18 bits per heavy atom. The molecule has 0 saturated heterocycles. The van der Waals surface area contributed by atoms with Gasteiger partial charge in [-0.2, -0.15) is 0 Å². The molecule has 0 unspecified atom stereocenters. The fourth-order valence-electron chi connectivity index (χ4n) is 8.28. The number of hydrogen-bond donors (Lipinski definition) is 3. The lowest BCUT2D eigenvalue weighted by atomic mass is 9.37. The monoisotopic (exact) mass is 602 g/mol. The van der Waals surface area contributed by atoms with Crippen LogP contribution in [0.5, 0.6) is 11.5 Å². The molecule has 3 aliphatic carbocycles. The fourth-order valence-corrected chi connectivity index (χ4v) is 8.28. The third kappa shape index (κ3) is 4.89. The van der Waals surface area contributed by atoms with E-state index >= 15 is 4.79 Å². The number of ketones is 3. The molecule has 1 aromatic carbocycles. The van der Waals surface area contributed by atoms with Crippen molar-refractivity contribution >= 4 is 23.1 Å². The van der Waals surface area contributed by atoms with E-state index in [1.165, 1.54) is 12.1 Å². The molecule has 0 spiro atoms. The first-order chi connectivity index (χ1) is 20.3. The number of phenols is 2. The van der Waals surface area contributed by atoms with Crippen LogP contribution in [0.1, 0.15) is 93.6 Å². The molecule has 238 valence electrons. The van der Waals surface area contributed by atoms with Crippen LogP contribution >= 0.6 is 0 Å². The van der Waals surface area contributed by atoms with Crippen molar-refractivity contribution in [1.29, 1.82) is 0 Å². The molecule has 0 aliphatic heterocycles. The Bertz CT molecular complexity index is 1500. The van der Waals surface area contributed by atoms with Crippen molar-refractivity contribution < 1.29 is 29.7 Å². The van der Waals surface area contributed by atoms with Gasteiger partial charge in [0.25, 0.3) is 0 Å². The minimum atomic E-state index is -1.60. The number of carbonyl (C=O) groups is 3. The molecule has 5 atom stereocenters. The highest BCUT2D eigenvalue weighted by Crippen LogP contribution is 2.68. The predicted octanol–water partition coefficient (Wildman–Crippen LogP) is 8.30. The second kappa shape index (κ2) is 11.2. The Labute approximate surface area is 262 Å². The lowest BCUT2D eigenvalue weighted by molar-refractivity contribution is -0.178. The Morgan fingerprint density at radius 2 is 1.66 bits per heavy atom. The highest BCUT2D eigenvalue weighted by atomic mass is 16.3. The van der Waals surface area contributed by atoms with Gasteiger partial charge in [0.05, 0.1) is 5.41 Å². The van der Waals surface area contributed by atoms with Crippen molar-refractivity contribution in [2.75, 3.05) is 0 Å². The van der Waals surface area contributed by atoms with Gasteiger partial charge in [0.15, 0.2) is 28.8 Å². The lowest BCUT2D eigenvalue weighted by Crippen LogP contribution is -2.70. The van der Waals surface area contributed by atoms with Crippen molar-refractivity contribution in [3.63, 3.8) is 0 Å². The molecule has 3 fully saturated rings. The summed E-state index contributed by atoms with van der Waals surface area (Å²) >= 11 is 0. The molecule has 3 N–H and O–H groups in total. The minimum absolute atomic E-state index is 0.0253. The normalized spacial score (nSPS) is 32.0. The molecule has 44 heavy (non-hydrogen) atoms. The van der Waals surface area contributed by atoms with E-state index in [0.717, 1.165) is 23.6 Å². The van der Waals surface area contributed by atoms with Gasteiger partial charge in [0.2, 0.25) is 0 Å². The predicted molar refractivity (Wildman–Crippen MR) is 174 cm³/mol. The third-order valence-electron chi connectivity index (χ3n) is 11.4. The molecule has 0 aromatic heterocycles. The van der Waals surface area contributed by atoms with Gasteiger partial charge in [-0.15, -0.1) is 0 Å². The molecule has 3 aliphatic rings. The van der Waals surface area contributed by atoms with Crippen LogP contribution < -0.4 is 0 Å². The quantitative estimate of drug-likeness (QED) is 0.0689. The fraction of sp³-hybridized carbons (Fsp3) is 0.553. The smallest absolute Gasteiger partial charge is 0.184 e. The number of aliphatic hydroxyl groups excluding tert-OH is 1. The van der Waals surface area contributed by atoms with E-state index in [1.807, 2.05) is 40.7 Å². The highest BCUT2D eigenvalue weighted by Gasteiger charge is 2.74. The molecule has 0 amide bonds. The summed E-state index contributed by atoms with van der Waals surface area (Å²) < 4.78 is 0. The van der Waals surface area contributed by atoms with E-state index in [2.05, 4.69) is 46.4 Å². The number of rotatable bonds is 8. The standard InChI is InChI=1S/C38H50O6/c1-21(2)11-13-25-19-37(20-26-18-27(23(5)6)35(26,7)8)32(42)30(31(41)24-12-14-28(39)29(40)17-24)33(43)38(34(37)44,36(25,9)10)16-15-22(3)4/h11-15,17,21,25-27,39-41H,5,16,18-20H2,1-4,6-10H3/b13-11+,31-30?/t25-,26+,27-,37-,38-/m1/s1. The van der Waals surface area contributed by atoms with Gasteiger partial charge >= 0.3 is 0 Å². The Hall–Kier alpha value is -3.41. The van der Waals surface area contributed by atoms with Gasteiger partial charge in [-0.25, -0.2) is 0 Å². The van der Waals surface area contributed by atoms with Crippen LogP contribution in [0, 0.1) is 45.3 Å². The van der Waals surface area contributed by atoms with Gasteiger partial charge in [0.1, 0.15) is 16.7 Å². The summed E-state index contributed by atoms with van der Waals surface area (Å²) in [5.41, 5.74) is -2.55. The van der Waals surface area contributed by atoms with Crippen molar-refractivity contribution in [2.45, 2.75) is 88.0 Å². The van der Waals surface area contributed by atoms with Crippen LogP contribution in [-0.4, -0.2) is 32.7 Å². The van der Waals surface area contributed by atoms with Gasteiger partial charge in [-0.3, -0.25) is 14.4 Å². The molecule has 0 radical (unpaired) electrons. The van der Waals surface area contributed by atoms with E-state index < -0.39 is 45.1 Å². The van der Waals surface area contributed by atoms with E-state index in [4.69, 9.17) is 0 Å². The minimum Gasteiger partial charge on any atom is -0.506 e. The van der Waals surface area contributed by atoms with E-state index in [1.54, 1.807) is 0 Å². The number of allylic oxidation sites excluding steroid dienone is 6. The molecule has 6 heteroatoms. The van der Waals surface area contributed by atoms with E-state index in [-0.39, 0.29) is 65.3 Å². The second-order valence-electron chi connectivity index (χ2n) is 15.4. The molecular formula is C38H50O6. The van der Waals surface area contributed by atoms with Crippen LogP contribution in [-0.2, 0) is 14.4 Å². The zero-order valence-corrected chi connectivity index (χ0v) is 27.9. The SMILES string of the molecule is C=C(C)[C@H]1C[C@@H](C[C@]23C[C@@H](/C=C/C(C)C)C(C)(C)[C@](CC=C(C)C)(C(=O)C(=C(O)c4ccc(O)c(O)c4)C2=O)C3=O)C1(C)C. The van der Waals surface area contributed by atoms with Crippen LogP contribution in [0.2, 0.25) is 0 Å². The number of phenolic OH excluding ortho intramolecular Hbond substituents is 2. The summed E-state index contributed by atoms with van der Waals surface area (Å²) in [6, 6.07) is 3.68. The number of hydrogen-bond acceptors (Lipinski definition) is 6. The molecule has 6 nitrogen and oxygen atoms in total. The Balaban J connectivity index is 2.05. The molecule has 0 heterocycles. The number of fused-ring (bicyclic) bond motifs is 2. The number of Topliss-reactive ketones (excluding diaryl/α,β-unsaturated/α-hetero) is 3. The number of aliphatic hydroxyl groups is 1. The highest BCUT2D eigenvalue weighted by molar-refractivity contribution is 6.41. The molecule has 3 saturated carbocycles. The summed E-state index contributed by atoms with van der Waals surface area (Å²) in [7, 11) is 0. The Morgan fingerprint density at radius 1 is 1.02 bits per heavy atom. The van der Waals surface area contributed by atoms with Crippen molar-refractivity contribution in [3.05, 3.63) is 65.3 Å². The zero-order valence-electron chi connectivity index (χ0n) is 27.9. The summed E-state index contributed by atoms with van der Waals surface area (Å²) in [5, 5.41) is 31.8. The summed E-state index contributed by atoms with van der Waals surface area (Å²) in [6.45, 7) is 22.4. The topological polar surface area (TPSA) is 112 Å². The molecular weight excluding hydrogens is 552 g/mol. The third-order valence-corrected chi connectivity index (χ3v) is 11.4. The first-order valence-corrected chi connectivity index (χ1v) is 15.8. The Kier molecular flexibility index (Phi) is 8.51. The van der Waals surface area contributed by atoms with Crippen molar-refractivity contribution in [2.24, 2.45) is 45.3 Å². The first-order valence-electron chi connectivity index (χ1n) is 15.8. The van der Waals surface area contributed by atoms with E-state index in [0.29, 0.717) is 0 Å². The molecule has 2 bridgehead atoms. The first kappa shape index (κ1) is 33.5. The summed E-state index contributed by atoms with van der Waals surface area (Å²) in [6.07, 6.45) is 7.52.